The van der Waals surface area contributed by atoms with Gasteiger partial charge in [-0.05, 0) is 37.8 Å². The number of unbranched alkanes of at least 4 members (excludes halogenated alkanes) is 1. The van der Waals surface area contributed by atoms with Gasteiger partial charge in [0.25, 0.3) is 0 Å². The molecule has 0 heterocycles. The molecule has 3 unspecified atom stereocenters. The van der Waals surface area contributed by atoms with Gasteiger partial charge in [-0.15, -0.1) is 0 Å². The van der Waals surface area contributed by atoms with Gasteiger partial charge in [0.05, 0.1) is 6.17 Å². The molecule has 0 spiro atoms. The van der Waals surface area contributed by atoms with Crippen LogP contribution >= 0.6 is 0 Å². The molecule has 7 N–H and O–H groups in total. The average Bonchev–Trinajstić information content (AvgIpc) is 2.23. The van der Waals surface area contributed by atoms with Crippen LogP contribution in [0.1, 0.15) is 40.0 Å². The van der Waals surface area contributed by atoms with E-state index < -0.39 is 0 Å². The lowest BCUT2D eigenvalue weighted by Crippen LogP contribution is -2.51. The van der Waals surface area contributed by atoms with Crippen molar-refractivity contribution in [2.24, 2.45) is 29.0 Å². The molecule has 0 aromatic carbocycles. The van der Waals surface area contributed by atoms with E-state index >= 15 is 0 Å². The summed E-state index contributed by atoms with van der Waals surface area (Å²) in [6.45, 7) is 8.28. The molecule has 0 fully saturated rings. The predicted molar refractivity (Wildman–Crippen MR) is 70.9 cm³/mol. The molecule has 0 aliphatic heterocycles. The summed E-state index contributed by atoms with van der Waals surface area (Å²) in [5, 5.41) is 3.57. The van der Waals surface area contributed by atoms with Crippen molar-refractivity contribution in [2.45, 2.75) is 52.2 Å². The van der Waals surface area contributed by atoms with Gasteiger partial charge in [-0.2, -0.15) is 0 Å². The minimum Gasteiger partial charge on any atom is -0.330 e. The molecule has 0 bridgehead atoms. The first kappa shape index (κ1) is 15.8. The molecule has 16 heavy (non-hydrogen) atoms. The second-order valence-corrected chi connectivity index (χ2v) is 4.82. The Morgan fingerprint density at radius 1 is 1.19 bits per heavy atom. The third-order valence-electron chi connectivity index (χ3n) is 3.32. The van der Waals surface area contributed by atoms with Gasteiger partial charge < -0.3 is 22.5 Å². The van der Waals surface area contributed by atoms with Crippen LogP contribution in [0.25, 0.3) is 0 Å². The van der Waals surface area contributed by atoms with Crippen molar-refractivity contribution in [2.75, 3.05) is 13.1 Å². The minimum atomic E-state index is -0.264. The maximum atomic E-state index is 5.78. The molecule has 0 amide bonds. The van der Waals surface area contributed by atoms with Crippen molar-refractivity contribution in [3.8, 4) is 0 Å². The molecule has 0 aromatic heterocycles. The lowest BCUT2D eigenvalue weighted by molar-refractivity contribution is 0.246. The molecule has 0 radical (unpaired) electrons. The molecule has 0 aliphatic carbocycles. The van der Waals surface area contributed by atoms with Crippen molar-refractivity contribution in [1.82, 2.24) is 5.32 Å². The Morgan fingerprint density at radius 3 is 2.25 bits per heavy atom. The third-order valence-corrected chi connectivity index (χ3v) is 3.32. The molecule has 4 heteroatoms. The van der Waals surface area contributed by atoms with E-state index in [4.69, 9.17) is 17.2 Å². The Balaban J connectivity index is 4.25. The van der Waals surface area contributed by atoms with Gasteiger partial charge in [-0.1, -0.05) is 27.2 Å². The number of rotatable bonds is 9. The van der Waals surface area contributed by atoms with Crippen molar-refractivity contribution >= 4 is 0 Å². The maximum absolute atomic E-state index is 5.78. The smallest absolute Gasteiger partial charge is 0.0562 e. The van der Waals surface area contributed by atoms with Crippen LogP contribution in [-0.2, 0) is 0 Å². The van der Waals surface area contributed by atoms with E-state index in [-0.39, 0.29) is 12.1 Å². The van der Waals surface area contributed by atoms with Crippen molar-refractivity contribution in [1.29, 1.82) is 0 Å². The lowest BCUT2D eigenvalue weighted by Gasteiger charge is -2.32. The predicted octanol–water partition coefficient (Wildman–Crippen LogP) is 0.609. The van der Waals surface area contributed by atoms with Gasteiger partial charge in [-0.25, -0.2) is 0 Å². The quantitative estimate of drug-likeness (QED) is 0.345. The van der Waals surface area contributed by atoms with Gasteiger partial charge in [0.15, 0.2) is 0 Å². The number of nitrogens with two attached hydrogens (primary N) is 3. The van der Waals surface area contributed by atoms with Crippen LogP contribution in [-0.4, -0.2) is 25.3 Å². The zero-order valence-corrected chi connectivity index (χ0v) is 11.1. The van der Waals surface area contributed by atoms with E-state index in [2.05, 4.69) is 26.1 Å². The van der Waals surface area contributed by atoms with Crippen LogP contribution in [0, 0.1) is 11.8 Å². The highest BCUT2D eigenvalue weighted by Crippen LogP contribution is 2.16. The van der Waals surface area contributed by atoms with E-state index in [9.17, 15) is 0 Å². The van der Waals surface area contributed by atoms with Gasteiger partial charge in [0.1, 0.15) is 0 Å². The fraction of sp³-hybridized carbons (Fsp3) is 1.00. The molecule has 0 saturated carbocycles. The molecule has 0 rings (SSSR count). The average molecular weight is 230 g/mol. The Bertz CT molecular complexity index is 161. The van der Waals surface area contributed by atoms with E-state index in [1.807, 2.05) is 0 Å². The van der Waals surface area contributed by atoms with E-state index in [0.29, 0.717) is 12.0 Å². The van der Waals surface area contributed by atoms with Crippen LogP contribution in [0.3, 0.4) is 0 Å². The molecule has 4 nitrogen and oxygen atoms in total. The van der Waals surface area contributed by atoms with Gasteiger partial charge >= 0.3 is 0 Å². The summed E-state index contributed by atoms with van der Waals surface area (Å²) in [4.78, 5) is 0. The Hall–Kier alpha value is -0.160. The molecule has 0 aromatic rings. The maximum Gasteiger partial charge on any atom is 0.0562 e. The van der Waals surface area contributed by atoms with Crippen LogP contribution in [0.15, 0.2) is 0 Å². The summed E-state index contributed by atoms with van der Waals surface area (Å²) in [6.07, 6.45) is 3.15. The summed E-state index contributed by atoms with van der Waals surface area (Å²) in [5.41, 5.74) is 17.2. The molecule has 98 valence electrons. The fourth-order valence-electron chi connectivity index (χ4n) is 2.03. The largest absolute Gasteiger partial charge is 0.330 e. The van der Waals surface area contributed by atoms with Crippen LogP contribution in [0.4, 0.5) is 0 Å². The normalized spacial score (nSPS) is 17.4. The summed E-state index contributed by atoms with van der Waals surface area (Å²) >= 11 is 0. The third kappa shape index (κ3) is 5.80. The first-order valence-electron chi connectivity index (χ1n) is 6.49. The highest BCUT2D eigenvalue weighted by atomic mass is 15.0. The van der Waals surface area contributed by atoms with Crippen LogP contribution in [0.5, 0.6) is 0 Å². The second-order valence-electron chi connectivity index (χ2n) is 4.82. The van der Waals surface area contributed by atoms with E-state index in [0.717, 1.165) is 19.5 Å². The standard InChI is InChI=1S/C12H30N4/c1-4-5-8-16-11(9(2)6-7-13)10(3)12(14)15/h9-12,16H,4-8,13-15H2,1-3H3. The minimum absolute atomic E-state index is 0.264. The molecule has 0 saturated heterocycles. The van der Waals surface area contributed by atoms with E-state index in [1.165, 1.54) is 12.8 Å². The summed E-state index contributed by atoms with van der Waals surface area (Å²) in [7, 11) is 0. The van der Waals surface area contributed by atoms with E-state index in [1.54, 1.807) is 0 Å². The van der Waals surface area contributed by atoms with Crippen molar-refractivity contribution < 1.29 is 0 Å². The van der Waals surface area contributed by atoms with Gasteiger partial charge in [0, 0.05) is 6.04 Å². The Morgan fingerprint density at radius 2 is 1.81 bits per heavy atom. The number of hydrogen-bond acceptors (Lipinski definition) is 4. The SMILES string of the molecule is CCCCNC(C(C)CCN)C(C)C(N)N. The number of nitrogens with one attached hydrogen (secondary N) is 1. The zero-order valence-electron chi connectivity index (χ0n) is 11.1. The summed E-state index contributed by atoms with van der Waals surface area (Å²) in [6, 6.07) is 0.370. The number of hydrogen-bond donors (Lipinski definition) is 4. The van der Waals surface area contributed by atoms with Crippen LogP contribution < -0.4 is 22.5 Å². The molecule has 3 atom stereocenters. The monoisotopic (exact) mass is 230 g/mol. The Kier molecular flexibility index (Phi) is 8.84. The van der Waals surface area contributed by atoms with Gasteiger partial charge in [0.2, 0.25) is 0 Å². The highest BCUT2D eigenvalue weighted by Gasteiger charge is 2.25. The molecule has 0 aliphatic rings. The van der Waals surface area contributed by atoms with Gasteiger partial charge in [-0.3, -0.25) is 0 Å². The zero-order chi connectivity index (χ0) is 12.6. The van der Waals surface area contributed by atoms with Crippen molar-refractivity contribution in [3.05, 3.63) is 0 Å². The summed E-state index contributed by atoms with van der Waals surface area (Å²) < 4.78 is 0. The molecular formula is C12H30N4. The first-order chi connectivity index (χ1) is 7.54. The van der Waals surface area contributed by atoms with Crippen molar-refractivity contribution in [3.63, 3.8) is 0 Å². The summed E-state index contributed by atoms with van der Waals surface area (Å²) in [5.74, 6) is 0.796. The second kappa shape index (κ2) is 8.93. The topological polar surface area (TPSA) is 90.1 Å². The highest BCUT2D eigenvalue weighted by molar-refractivity contribution is 4.82. The molecular weight excluding hydrogens is 200 g/mol. The van der Waals surface area contributed by atoms with Crippen LogP contribution in [0.2, 0.25) is 0 Å². The fourth-order valence-corrected chi connectivity index (χ4v) is 2.03. The first-order valence-corrected chi connectivity index (χ1v) is 6.49. The Labute approximate surface area is 100 Å². The lowest BCUT2D eigenvalue weighted by atomic mass is 9.86.